The molecule has 1 saturated heterocycles. The van der Waals surface area contributed by atoms with Crippen LogP contribution in [0.5, 0.6) is 0 Å². The number of para-hydroxylation sites is 2. The second-order valence-corrected chi connectivity index (χ2v) is 6.70. The number of nitrogens with one attached hydrogen (secondary N) is 1. The van der Waals surface area contributed by atoms with Gasteiger partial charge in [-0.2, -0.15) is 0 Å². The van der Waals surface area contributed by atoms with Crippen molar-refractivity contribution >= 4 is 16.9 Å². The average Bonchev–Trinajstić information content (AvgIpc) is 3.17. The average molecular weight is 330 g/mol. The summed E-state index contributed by atoms with van der Waals surface area (Å²) in [6, 6.07) is 8.26. The fraction of sp³-hybridized carbons (Fsp3) is 0.556. The molecule has 0 unspecified atom stereocenters. The molecular formula is C18H26N4O2. The lowest BCUT2D eigenvalue weighted by Crippen LogP contribution is -2.35. The first-order valence-corrected chi connectivity index (χ1v) is 8.48. The topological polar surface area (TPSA) is 59.4 Å². The summed E-state index contributed by atoms with van der Waals surface area (Å²) in [5.74, 6) is 1.07. The molecular weight excluding hydrogens is 304 g/mol. The number of rotatable bonds is 5. The number of amides is 1. The summed E-state index contributed by atoms with van der Waals surface area (Å²) in [5, 5.41) is 3.50. The number of aromatic nitrogens is 2. The number of ether oxygens (including phenoxy) is 1. The maximum atomic E-state index is 12.0. The monoisotopic (exact) mass is 330 g/mol. The SMILES string of the molecule is C[C@H](NC[C@H]1CC[C@@H](C(=O)N(C)C)O1)c1nc2ccccc2n1C. The standard InChI is InChI=1S/C18H26N4O2/c1-12(17-20-14-7-5-6-8-15(14)22(17)4)19-11-13-9-10-16(24-13)18(23)21(2)3/h5-8,12-13,16,19H,9-11H2,1-4H3/t12-,13+,16-/m0/s1. The number of imidazole rings is 1. The van der Waals surface area contributed by atoms with Crippen molar-refractivity contribution in [3.05, 3.63) is 30.1 Å². The Balaban J connectivity index is 1.59. The van der Waals surface area contributed by atoms with Gasteiger partial charge in [-0.25, -0.2) is 4.98 Å². The number of likely N-dealkylation sites (N-methyl/N-ethyl adjacent to an activating group) is 1. The second-order valence-electron chi connectivity index (χ2n) is 6.70. The number of fused-ring (bicyclic) bond motifs is 1. The molecule has 3 rings (SSSR count). The van der Waals surface area contributed by atoms with E-state index in [2.05, 4.69) is 22.9 Å². The van der Waals surface area contributed by atoms with E-state index in [1.807, 2.05) is 25.2 Å². The molecule has 130 valence electrons. The molecule has 6 heteroatoms. The lowest BCUT2D eigenvalue weighted by molar-refractivity contribution is -0.140. The van der Waals surface area contributed by atoms with Gasteiger partial charge in [-0.15, -0.1) is 0 Å². The van der Waals surface area contributed by atoms with Crippen molar-refractivity contribution in [3.8, 4) is 0 Å². The molecule has 1 aromatic heterocycles. The highest BCUT2D eigenvalue weighted by Gasteiger charge is 2.31. The minimum atomic E-state index is -0.294. The number of nitrogens with zero attached hydrogens (tertiary/aromatic N) is 3. The third-order valence-electron chi connectivity index (χ3n) is 4.68. The van der Waals surface area contributed by atoms with E-state index >= 15 is 0 Å². The summed E-state index contributed by atoms with van der Waals surface area (Å²) in [4.78, 5) is 18.3. The van der Waals surface area contributed by atoms with Crippen LogP contribution in [0.3, 0.4) is 0 Å². The Morgan fingerprint density at radius 1 is 1.42 bits per heavy atom. The Morgan fingerprint density at radius 3 is 2.88 bits per heavy atom. The van der Waals surface area contributed by atoms with Crippen molar-refractivity contribution in [2.45, 2.75) is 38.0 Å². The van der Waals surface area contributed by atoms with Gasteiger partial charge in [0.15, 0.2) is 0 Å². The van der Waals surface area contributed by atoms with Crippen LogP contribution in [0.2, 0.25) is 0 Å². The number of carbonyl (C=O) groups excluding carboxylic acids is 1. The molecule has 6 nitrogen and oxygen atoms in total. The van der Waals surface area contributed by atoms with E-state index in [0.29, 0.717) is 0 Å². The van der Waals surface area contributed by atoms with Crippen molar-refractivity contribution < 1.29 is 9.53 Å². The Morgan fingerprint density at radius 2 is 2.17 bits per heavy atom. The Kier molecular flexibility index (Phi) is 4.87. The first-order valence-electron chi connectivity index (χ1n) is 8.48. The molecule has 1 N–H and O–H groups in total. The summed E-state index contributed by atoms with van der Waals surface area (Å²) >= 11 is 0. The van der Waals surface area contributed by atoms with Crippen molar-refractivity contribution in [2.75, 3.05) is 20.6 Å². The van der Waals surface area contributed by atoms with Crippen molar-refractivity contribution in [2.24, 2.45) is 7.05 Å². The van der Waals surface area contributed by atoms with Gasteiger partial charge in [-0.05, 0) is 31.9 Å². The fourth-order valence-electron chi connectivity index (χ4n) is 3.28. The van der Waals surface area contributed by atoms with Crippen LogP contribution in [0, 0.1) is 0 Å². The van der Waals surface area contributed by atoms with Gasteiger partial charge in [0, 0.05) is 27.7 Å². The molecule has 1 fully saturated rings. The number of hydrogen-bond donors (Lipinski definition) is 1. The Bertz CT molecular complexity index is 725. The zero-order valence-electron chi connectivity index (χ0n) is 14.8. The van der Waals surface area contributed by atoms with Crippen LogP contribution < -0.4 is 5.32 Å². The largest absolute Gasteiger partial charge is 0.364 e. The minimum Gasteiger partial charge on any atom is -0.364 e. The summed E-state index contributed by atoms with van der Waals surface area (Å²) in [5.41, 5.74) is 2.15. The van der Waals surface area contributed by atoms with E-state index in [1.165, 1.54) is 0 Å². The highest BCUT2D eigenvalue weighted by atomic mass is 16.5. The molecule has 0 spiro atoms. The molecule has 1 amide bonds. The van der Waals surface area contributed by atoms with Crippen LogP contribution in [0.25, 0.3) is 11.0 Å². The van der Waals surface area contributed by atoms with E-state index in [0.717, 1.165) is 36.2 Å². The first kappa shape index (κ1) is 16.9. The maximum absolute atomic E-state index is 12.0. The number of hydrogen-bond acceptors (Lipinski definition) is 4. The number of benzene rings is 1. The van der Waals surface area contributed by atoms with E-state index in [9.17, 15) is 4.79 Å². The molecule has 2 heterocycles. The zero-order chi connectivity index (χ0) is 17.3. The molecule has 3 atom stereocenters. The Labute approximate surface area is 142 Å². The molecule has 2 aromatic rings. The molecule has 1 aliphatic heterocycles. The molecule has 1 aliphatic rings. The van der Waals surface area contributed by atoms with Crippen LogP contribution in [0.1, 0.15) is 31.6 Å². The van der Waals surface area contributed by atoms with Crippen molar-refractivity contribution in [1.29, 1.82) is 0 Å². The number of aryl methyl sites for hydroxylation is 1. The minimum absolute atomic E-state index is 0.0564. The molecule has 24 heavy (non-hydrogen) atoms. The molecule has 0 saturated carbocycles. The van der Waals surface area contributed by atoms with E-state index in [1.54, 1.807) is 19.0 Å². The third kappa shape index (κ3) is 3.30. The number of carbonyl (C=O) groups is 1. The van der Waals surface area contributed by atoms with Crippen molar-refractivity contribution in [1.82, 2.24) is 19.8 Å². The first-order chi connectivity index (χ1) is 11.5. The van der Waals surface area contributed by atoms with Crippen molar-refractivity contribution in [3.63, 3.8) is 0 Å². The molecule has 0 aliphatic carbocycles. The van der Waals surface area contributed by atoms with Crippen LogP contribution in [0.4, 0.5) is 0 Å². The highest BCUT2D eigenvalue weighted by Crippen LogP contribution is 2.22. The predicted molar refractivity (Wildman–Crippen MR) is 93.7 cm³/mol. The van der Waals surface area contributed by atoms with Gasteiger partial charge < -0.3 is 19.5 Å². The third-order valence-corrected chi connectivity index (χ3v) is 4.68. The Hall–Kier alpha value is -1.92. The van der Waals surface area contributed by atoms with E-state index in [4.69, 9.17) is 9.72 Å². The molecule has 0 radical (unpaired) electrons. The van der Waals surface area contributed by atoms with E-state index in [-0.39, 0.29) is 24.2 Å². The summed E-state index contributed by atoms with van der Waals surface area (Å²) < 4.78 is 8.00. The van der Waals surface area contributed by atoms with Crippen LogP contribution in [-0.2, 0) is 16.6 Å². The fourth-order valence-corrected chi connectivity index (χ4v) is 3.28. The molecule has 1 aromatic carbocycles. The van der Waals surface area contributed by atoms with Gasteiger partial charge in [-0.1, -0.05) is 12.1 Å². The summed E-state index contributed by atoms with van der Waals surface area (Å²) in [6.07, 6.45) is 1.49. The van der Waals surface area contributed by atoms with Gasteiger partial charge in [-0.3, -0.25) is 4.79 Å². The van der Waals surface area contributed by atoms with Gasteiger partial charge >= 0.3 is 0 Å². The van der Waals surface area contributed by atoms with Gasteiger partial charge in [0.05, 0.1) is 23.2 Å². The predicted octanol–water partition coefficient (Wildman–Crippen LogP) is 1.86. The molecule has 0 bridgehead atoms. The highest BCUT2D eigenvalue weighted by molar-refractivity contribution is 5.80. The lowest BCUT2D eigenvalue weighted by atomic mass is 10.1. The smallest absolute Gasteiger partial charge is 0.251 e. The van der Waals surface area contributed by atoms with Crippen LogP contribution in [0.15, 0.2) is 24.3 Å². The van der Waals surface area contributed by atoms with Gasteiger partial charge in [0.2, 0.25) is 0 Å². The van der Waals surface area contributed by atoms with Gasteiger partial charge in [0.25, 0.3) is 5.91 Å². The lowest BCUT2D eigenvalue weighted by Gasteiger charge is -2.19. The van der Waals surface area contributed by atoms with Crippen LogP contribution in [-0.4, -0.2) is 53.2 Å². The summed E-state index contributed by atoms with van der Waals surface area (Å²) in [6.45, 7) is 2.83. The van der Waals surface area contributed by atoms with E-state index < -0.39 is 0 Å². The normalized spacial score (nSPS) is 22.0. The maximum Gasteiger partial charge on any atom is 0.251 e. The summed E-state index contributed by atoms with van der Waals surface area (Å²) in [7, 11) is 5.58. The second kappa shape index (κ2) is 6.91. The quantitative estimate of drug-likeness (QED) is 0.909. The zero-order valence-corrected chi connectivity index (χ0v) is 14.8. The van der Waals surface area contributed by atoms with Crippen LogP contribution >= 0.6 is 0 Å². The van der Waals surface area contributed by atoms with Gasteiger partial charge in [0.1, 0.15) is 11.9 Å².